The highest BCUT2D eigenvalue weighted by molar-refractivity contribution is 5.67. The smallest absolute Gasteiger partial charge is 0.157 e. The second-order valence-corrected chi connectivity index (χ2v) is 3.68. The number of fused-ring (bicyclic) bond motifs is 1. The van der Waals surface area contributed by atoms with E-state index in [4.69, 9.17) is 10.6 Å². The molecule has 3 unspecified atom stereocenters. The SMILES string of the molecule is CC(N)CC1=CC2C=NOC2C=C1. The zero-order chi connectivity index (χ0) is 9.26. The van der Waals surface area contributed by atoms with Gasteiger partial charge in [-0.1, -0.05) is 17.3 Å². The lowest BCUT2D eigenvalue weighted by Crippen LogP contribution is -2.20. The lowest BCUT2D eigenvalue weighted by molar-refractivity contribution is 0.105. The maximum atomic E-state index is 5.72. The molecular formula is C10H14N2O. The molecule has 0 aromatic rings. The molecule has 3 atom stereocenters. The van der Waals surface area contributed by atoms with E-state index >= 15 is 0 Å². The van der Waals surface area contributed by atoms with Crippen LogP contribution in [-0.4, -0.2) is 18.4 Å². The van der Waals surface area contributed by atoms with Gasteiger partial charge in [-0.25, -0.2) is 0 Å². The van der Waals surface area contributed by atoms with Crippen molar-refractivity contribution in [1.29, 1.82) is 0 Å². The molecule has 1 heterocycles. The summed E-state index contributed by atoms with van der Waals surface area (Å²) in [6.45, 7) is 2.01. The Kier molecular flexibility index (Phi) is 2.19. The van der Waals surface area contributed by atoms with E-state index in [0.717, 1.165) is 6.42 Å². The van der Waals surface area contributed by atoms with Crippen molar-refractivity contribution in [1.82, 2.24) is 0 Å². The summed E-state index contributed by atoms with van der Waals surface area (Å²) < 4.78 is 0. The molecule has 1 aliphatic carbocycles. The molecule has 2 aliphatic rings. The summed E-state index contributed by atoms with van der Waals surface area (Å²) in [5.74, 6) is 0.318. The molecule has 0 amide bonds. The van der Waals surface area contributed by atoms with Crippen molar-refractivity contribution in [2.75, 3.05) is 0 Å². The first-order valence-electron chi connectivity index (χ1n) is 4.59. The van der Waals surface area contributed by atoms with Crippen LogP contribution in [0.25, 0.3) is 0 Å². The van der Waals surface area contributed by atoms with Gasteiger partial charge in [-0.2, -0.15) is 0 Å². The molecule has 0 radical (unpaired) electrons. The Hall–Kier alpha value is -1.09. The maximum Gasteiger partial charge on any atom is 0.157 e. The zero-order valence-corrected chi connectivity index (χ0v) is 7.68. The molecule has 3 nitrogen and oxygen atoms in total. The van der Waals surface area contributed by atoms with Gasteiger partial charge in [0, 0.05) is 6.04 Å². The average molecular weight is 178 g/mol. The topological polar surface area (TPSA) is 47.6 Å². The Morgan fingerprint density at radius 3 is 3.31 bits per heavy atom. The van der Waals surface area contributed by atoms with E-state index in [1.807, 2.05) is 13.1 Å². The van der Waals surface area contributed by atoms with E-state index in [1.165, 1.54) is 5.57 Å². The number of oxime groups is 1. The van der Waals surface area contributed by atoms with Crippen LogP contribution in [0.4, 0.5) is 0 Å². The van der Waals surface area contributed by atoms with Crippen LogP contribution < -0.4 is 5.73 Å². The standard InChI is InChI=1S/C10H14N2O/c1-7(11)4-8-2-3-10-9(5-8)6-12-13-10/h2-3,5-7,9-10H,4,11H2,1H3. The minimum atomic E-state index is 0.122. The molecule has 70 valence electrons. The first-order chi connectivity index (χ1) is 6.25. The number of allylic oxidation sites excluding steroid dienone is 1. The second-order valence-electron chi connectivity index (χ2n) is 3.68. The number of hydrogen-bond donors (Lipinski definition) is 1. The molecule has 0 aromatic carbocycles. The third kappa shape index (κ3) is 1.80. The Morgan fingerprint density at radius 1 is 1.69 bits per heavy atom. The van der Waals surface area contributed by atoms with E-state index in [9.17, 15) is 0 Å². The fourth-order valence-electron chi connectivity index (χ4n) is 1.66. The lowest BCUT2D eigenvalue weighted by atomic mass is 9.92. The van der Waals surface area contributed by atoms with Crippen LogP contribution in [0.15, 0.2) is 29.0 Å². The molecular weight excluding hydrogens is 164 g/mol. The zero-order valence-electron chi connectivity index (χ0n) is 7.68. The number of nitrogens with two attached hydrogens (primary N) is 1. The summed E-state index contributed by atoms with van der Waals surface area (Å²) in [5.41, 5.74) is 7.01. The van der Waals surface area contributed by atoms with Crippen molar-refractivity contribution < 1.29 is 4.84 Å². The number of rotatable bonds is 2. The Balaban J connectivity index is 2.06. The summed E-state index contributed by atoms with van der Waals surface area (Å²) >= 11 is 0. The summed E-state index contributed by atoms with van der Waals surface area (Å²) in [6.07, 6.45) is 9.21. The van der Waals surface area contributed by atoms with E-state index < -0.39 is 0 Å². The minimum Gasteiger partial charge on any atom is -0.388 e. The van der Waals surface area contributed by atoms with Gasteiger partial charge in [0.2, 0.25) is 0 Å². The maximum absolute atomic E-state index is 5.72. The molecule has 3 heteroatoms. The van der Waals surface area contributed by atoms with E-state index in [-0.39, 0.29) is 12.1 Å². The lowest BCUT2D eigenvalue weighted by Gasteiger charge is -2.16. The normalized spacial score (nSPS) is 32.3. The van der Waals surface area contributed by atoms with Crippen LogP contribution in [0.5, 0.6) is 0 Å². The van der Waals surface area contributed by atoms with E-state index in [1.54, 1.807) is 0 Å². The van der Waals surface area contributed by atoms with Crippen molar-refractivity contribution in [3.8, 4) is 0 Å². The molecule has 0 fully saturated rings. The third-order valence-electron chi connectivity index (χ3n) is 2.26. The molecule has 1 aliphatic heterocycles. The predicted octanol–water partition coefficient (Wildman–Crippen LogP) is 1.22. The van der Waals surface area contributed by atoms with Crippen molar-refractivity contribution in [2.45, 2.75) is 25.5 Å². The highest BCUT2D eigenvalue weighted by Gasteiger charge is 2.25. The second kappa shape index (κ2) is 3.34. The van der Waals surface area contributed by atoms with Crippen molar-refractivity contribution in [2.24, 2.45) is 16.8 Å². The van der Waals surface area contributed by atoms with Crippen LogP contribution >= 0.6 is 0 Å². The van der Waals surface area contributed by atoms with Crippen LogP contribution in [0.2, 0.25) is 0 Å². The van der Waals surface area contributed by atoms with Crippen molar-refractivity contribution in [3.05, 3.63) is 23.8 Å². The van der Waals surface area contributed by atoms with Gasteiger partial charge in [0.15, 0.2) is 6.10 Å². The third-order valence-corrected chi connectivity index (χ3v) is 2.26. The van der Waals surface area contributed by atoms with Crippen molar-refractivity contribution >= 4 is 6.21 Å². The fraction of sp³-hybridized carbons (Fsp3) is 0.500. The van der Waals surface area contributed by atoms with Crippen LogP contribution in [-0.2, 0) is 4.84 Å². The monoisotopic (exact) mass is 178 g/mol. The molecule has 0 spiro atoms. The van der Waals surface area contributed by atoms with Gasteiger partial charge in [-0.05, 0) is 25.0 Å². The van der Waals surface area contributed by atoms with Gasteiger partial charge in [0.1, 0.15) is 0 Å². The Morgan fingerprint density at radius 2 is 2.54 bits per heavy atom. The predicted molar refractivity (Wildman–Crippen MR) is 52.3 cm³/mol. The quantitative estimate of drug-likeness (QED) is 0.691. The fourth-order valence-corrected chi connectivity index (χ4v) is 1.66. The van der Waals surface area contributed by atoms with Gasteiger partial charge in [0.25, 0.3) is 0 Å². The van der Waals surface area contributed by atoms with Crippen LogP contribution in [0.1, 0.15) is 13.3 Å². The molecule has 2 N–H and O–H groups in total. The molecule has 0 saturated carbocycles. The summed E-state index contributed by atoms with van der Waals surface area (Å²) in [5, 5.41) is 3.79. The van der Waals surface area contributed by atoms with Gasteiger partial charge in [-0.15, -0.1) is 0 Å². The highest BCUT2D eigenvalue weighted by Crippen LogP contribution is 2.24. The highest BCUT2D eigenvalue weighted by atomic mass is 16.6. The van der Waals surface area contributed by atoms with E-state index in [0.29, 0.717) is 5.92 Å². The molecule has 2 rings (SSSR count). The minimum absolute atomic E-state index is 0.122. The summed E-state index contributed by atoms with van der Waals surface area (Å²) in [7, 11) is 0. The number of hydrogen-bond acceptors (Lipinski definition) is 3. The van der Waals surface area contributed by atoms with Crippen LogP contribution in [0.3, 0.4) is 0 Å². The Bertz CT molecular complexity index is 279. The average Bonchev–Trinajstić information content (AvgIpc) is 2.49. The largest absolute Gasteiger partial charge is 0.388 e. The van der Waals surface area contributed by atoms with Gasteiger partial charge in [0.05, 0.1) is 12.1 Å². The first kappa shape index (κ1) is 8.51. The molecule has 0 aromatic heterocycles. The Labute approximate surface area is 77.9 Å². The van der Waals surface area contributed by atoms with Crippen LogP contribution in [0, 0.1) is 5.92 Å². The summed E-state index contributed by atoms with van der Waals surface area (Å²) in [4.78, 5) is 5.12. The molecule has 0 saturated heterocycles. The molecule has 13 heavy (non-hydrogen) atoms. The first-order valence-corrected chi connectivity index (χ1v) is 4.59. The molecule has 0 bridgehead atoms. The number of nitrogens with zero attached hydrogens (tertiary/aromatic N) is 1. The van der Waals surface area contributed by atoms with Gasteiger partial charge >= 0.3 is 0 Å². The van der Waals surface area contributed by atoms with Gasteiger partial charge < -0.3 is 10.6 Å². The van der Waals surface area contributed by atoms with Gasteiger partial charge in [-0.3, -0.25) is 0 Å². The van der Waals surface area contributed by atoms with E-state index in [2.05, 4.69) is 23.4 Å². The summed E-state index contributed by atoms with van der Waals surface area (Å²) in [6, 6.07) is 0.215. The van der Waals surface area contributed by atoms with Crippen molar-refractivity contribution in [3.63, 3.8) is 0 Å².